The predicted molar refractivity (Wildman–Crippen MR) is 69.3 cm³/mol. The summed E-state index contributed by atoms with van der Waals surface area (Å²) in [6.45, 7) is 1.34. The first kappa shape index (κ1) is 14.9. The molecule has 0 aromatic heterocycles. The van der Waals surface area contributed by atoms with E-state index in [4.69, 9.17) is 18.0 Å². The molecular formula is C12H15F3N2S. The maximum absolute atomic E-state index is 12.3. The third-order valence-corrected chi connectivity index (χ3v) is 2.70. The summed E-state index contributed by atoms with van der Waals surface area (Å²) in [5, 5.41) is 0. The normalized spacial score (nSPS) is 11.8. The molecule has 0 aliphatic rings. The topological polar surface area (TPSA) is 29.3 Å². The van der Waals surface area contributed by atoms with Crippen LogP contribution >= 0.6 is 12.2 Å². The number of hydrogen-bond donors (Lipinski definition) is 1. The van der Waals surface area contributed by atoms with E-state index in [2.05, 4.69) is 0 Å². The number of rotatable bonds is 5. The quantitative estimate of drug-likeness (QED) is 0.838. The Labute approximate surface area is 110 Å². The molecule has 0 aliphatic carbocycles. The van der Waals surface area contributed by atoms with Gasteiger partial charge in [0.1, 0.15) is 4.99 Å². The predicted octanol–water partition coefficient (Wildman–Crippen LogP) is 2.71. The molecule has 0 aliphatic heterocycles. The Kier molecular flexibility index (Phi) is 5.10. The number of thiocarbonyl (C=S) groups is 1. The van der Waals surface area contributed by atoms with Crippen LogP contribution in [0.2, 0.25) is 0 Å². The van der Waals surface area contributed by atoms with Crippen molar-refractivity contribution in [2.45, 2.75) is 19.6 Å². The molecule has 1 aromatic carbocycles. The molecule has 0 radical (unpaired) electrons. The molecule has 0 bridgehead atoms. The first-order valence-corrected chi connectivity index (χ1v) is 5.90. The van der Waals surface area contributed by atoms with E-state index in [-0.39, 0.29) is 11.5 Å². The van der Waals surface area contributed by atoms with E-state index in [0.717, 1.165) is 5.56 Å². The van der Waals surface area contributed by atoms with Crippen LogP contribution in [0, 0.1) is 0 Å². The molecule has 18 heavy (non-hydrogen) atoms. The van der Waals surface area contributed by atoms with Crippen molar-refractivity contribution < 1.29 is 13.2 Å². The molecule has 6 heteroatoms. The Hall–Kier alpha value is -1.14. The lowest BCUT2D eigenvalue weighted by Gasteiger charge is -2.22. The highest BCUT2D eigenvalue weighted by Crippen LogP contribution is 2.18. The lowest BCUT2D eigenvalue weighted by molar-refractivity contribution is -0.146. The smallest absolute Gasteiger partial charge is 0.389 e. The van der Waals surface area contributed by atoms with E-state index in [1.807, 2.05) is 0 Å². The number of alkyl halides is 3. The number of nitrogens with two attached hydrogens (primary N) is 1. The largest absolute Gasteiger partial charge is 0.401 e. The van der Waals surface area contributed by atoms with Crippen LogP contribution in [0.15, 0.2) is 24.3 Å². The maximum Gasteiger partial charge on any atom is 0.401 e. The van der Waals surface area contributed by atoms with Crippen molar-refractivity contribution in [3.05, 3.63) is 35.4 Å². The van der Waals surface area contributed by atoms with Crippen LogP contribution in [0.1, 0.15) is 18.1 Å². The Morgan fingerprint density at radius 1 is 1.39 bits per heavy atom. The number of nitrogens with zero attached hydrogens (tertiary/aromatic N) is 1. The molecule has 2 nitrogen and oxygen atoms in total. The number of hydrogen-bond acceptors (Lipinski definition) is 2. The van der Waals surface area contributed by atoms with Crippen molar-refractivity contribution in [2.75, 3.05) is 13.1 Å². The van der Waals surface area contributed by atoms with Gasteiger partial charge in [-0.2, -0.15) is 13.2 Å². The molecule has 0 fully saturated rings. The summed E-state index contributed by atoms with van der Waals surface area (Å²) < 4.78 is 37.0. The van der Waals surface area contributed by atoms with Crippen LogP contribution in [0.3, 0.4) is 0 Å². The van der Waals surface area contributed by atoms with Gasteiger partial charge < -0.3 is 5.73 Å². The third kappa shape index (κ3) is 5.01. The van der Waals surface area contributed by atoms with Gasteiger partial charge in [-0.1, -0.05) is 37.3 Å². The molecule has 1 aromatic rings. The Balaban J connectivity index is 2.76. The van der Waals surface area contributed by atoms with Crippen LogP contribution in [0.5, 0.6) is 0 Å². The minimum absolute atomic E-state index is 0.229. The van der Waals surface area contributed by atoms with Gasteiger partial charge >= 0.3 is 6.18 Å². The van der Waals surface area contributed by atoms with Gasteiger partial charge in [0.2, 0.25) is 0 Å². The van der Waals surface area contributed by atoms with E-state index in [1.54, 1.807) is 31.2 Å². The molecule has 1 rings (SSSR count). The van der Waals surface area contributed by atoms with Gasteiger partial charge in [-0.3, -0.25) is 4.90 Å². The summed E-state index contributed by atoms with van der Waals surface area (Å²) >= 11 is 4.84. The zero-order valence-corrected chi connectivity index (χ0v) is 10.8. The number of benzene rings is 1. The molecule has 0 saturated carbocycles. The molecule has 100 valence electrons. The molecule has 2 N–H and O–H groups in total. The van der Waals surface area contributed by atoms with Crippen LogP contribution in [0.4, 0.5) is 13.2 Å². The molecule has 0 amide bonds. The Bertz CT molecular complexity index is 418. The van der Waals surface area contributed by atoms with Crippen LogP contribution < -0.4 is 5.73 Å². The second-order valence-electron chi connectivity index (χ2n) is 3.98. The van der Waals surface area contributed by atoms with Crippen molar-refractivity contribution in [1.29, 1.82) is 0 Å². The number of halogens is 3. The van der Waals surface area contributed by atoms with Crippen LogP contribution in [0.25, 0.3) is 0 Å². The van der Waals surface area contributed by atoms with Crippen molar-refractivity contribution in [1.82, 2.24) is 4.90 Å². The van der Waals surface area contributed by atoms with E-state index < -0.39 is 12.7 Å². The Morgan fingerprint density at radius 3 is 2.56 bits per heavy atom. The summed E-state index contributed by atoms with van der Waals surface area (Å²) in [7, 11) is 0. The van der Waals surface area contributed by atoms with Gasteiger partial charge in [-0.05, 0) is 18.2 Å². The molecular weight excluding hydrogens is 261 g/mol. The summed E-state index contributed by atoms with van der Waals surface area (Å²) in [5.41, 5.74) is 6.93. The fourth-order valence-electron chi connectivity index (χ4n) is 1.61. The van der Waals surface area contributed by atoms with Gasteiger partial charge in [-0.15, -0.1) is 0 Å². The molecule has 0 heterocycles. The molecule has 0 unspecified atom stereocenters. The SMILES string of the molecule is CCN(Cc1cccc(C(N)=S)c1)CC(F)(F)F. The van der Waals surface area contributed by atoms with E-state index in [9.17, 15) is 13.2 Å². The highest BCUT2D eigenvalue weighted by Gasteiger charge is 2.29. The van der Waals surface area contributed by atoms with Crippen molar-refractivity contribution in [3.8, 4) is 0 Å². The fourth-order valence-corrected chi connectivity index (χ4v) is 1.74. The average Bonchev–Trinajstić information content (AvgIpc) is 2.26. The third-order valence-electron chi connectivity index (χ3n) is 2.47. The average molecular weight is 276 g/mol. The fraction of sp³-hybridized carbons (Fsp3) is 0.417. The van der Waals surface area contributed by atoms with E-state index in [1.165, 1.54) is 4.90 Å². The zero-order valence-electron chi connectivity index (χ0n) is 10.00. The van der Waals surface area contributed by atoms with Crippen molar-refractivity contribution >= 4 is 17.2 Å². The molecule has 0 atom stereocenters. The van der Waals surface area contributed by atoms with Crippen LogP contribution in [-0.4, -0.2) is 29.2 Å². The zero-order chi connectivity index (χ0) is 13.8. The maximum atomic E-state index is 12.3. The second kappa shape index (κ2) is 6.15. The van der Waals surface area contributed by atoms with Gasteiger partial charge in [-0.25, -0.2) is 0 Å². The summed E-state index contributed by atoms with van der Waals surface area (Å²) in [6.07, 6.45) is -4.18. The minimum Gasteiger partial charge on any atom is -0.389 e. The Morgan fingerprint density at radius 2 is 2.06 bits per heavy atom. The highest BCUT2D eigenvalue weighted by molar-refractivity contribution is 7.80. The first-order chi connectivity index (χ1) is 8.31. The monoisotopic (exact) mass is 276 g/mol. The van der Waals surface area contributed by atoms with Gasteiger partial charge in [0.25, 0.3) is 0 Å². The lowest BCUT2D eigenvalue weighted by atomic mass is 10.1. The van der Waals surface area contributed by atoms with Crippen molar-refractivity contribution in [2.24, 2.45) is 5.73 Å². The summed E-state index contributed by atoms with van der Waals surface area (Å²) in [4.78, 5) is 1.56. The second-order valence-corrected chi connectivity index (χ2v) is 4.42. The van der Waals surface area contributed by atoms with Gasteiger partial charge in [0.05, 0.1) is 6.54 Å². The minimum atomic E-state index is -4.18. The van der Waals surface area contributed by atoms with Gasteiger partial charge in [0.15, 0.2) is 0 Å². The first-order valence-electron chi connectivity index (χ1n) is 5.49. The lowest BCUT2D eigenvalue weighted by Crippen LogP contribution is -2.33. The standard InChI is InChI=1S/C12H15F3N2S/c1-2-17(8-12(13,14)15)7-9-4-3-5-10(6-9)11(16)18/h3-6H,2,7-8H2,1H3,(H2,16,18). The van der Waals surface area contributed by atoms with Gasteiger partial charge in [0, 0.05) is 12.1 Å². The van der Waals surface area contributed by atoms with Crippen LogP contribution in [-0.2, 0) is 6.54 Å². The molecule has 0 spiro atoms. The van der Waals surface area contributed by atoms with Crippen molar-refractivity contribution in [3.63, 3.8) is 0 Å². The summed E-state index contributed by atoms with van der Waals surface area (Å²) in [6, 6.07) is 6.97. The molecule has 0 saturated heterocycles. The highest BCUT2D eigenvalue weighted by atomic mass is 32.1. The van der Waals surface area contributed by atoms with E-state index in [0.29, 0.717) is 12.1 Å². The van der Waals surface area contributed by atoms with E-state index >= 15 is 0 Å². The summed E-state index contributed by atoms with van der Waals surface area (Å²) in [5.74, 6) is 0.